The van der Waals surface area contributed by atoms with Crippen LogP contribution in [0.15, 0.2) is 54.6 Å². The maximum atomic E-state index is 12.3. The average molecular weight is 313 g/mol. The SMILES string of the molecule is CCC(C(=O)NCCOc1ccc(OC)cc1)c1ccccc1. The monoisotopic (exact) mass is 313 g/mol. The molecule has 1 amide bonds. The first-order valence-electron chi connectivity index (χ1n) is 7.84. The summed E-state index contributed by atoms with van der Waals surface area (Å²) in [4.78, 5) is 12.3. The summed E-state index contributed by atoms with van der Waals surface area (Å²) in [5.74, 6) is 1.48. The van der Waals surface area contributed by atoms with Crippen LogP contribution < -0.4 is 14.8 Å². The molecule has 0 saturated heterocycles. The van der Waals surface area contributed by atoms with Gasteiger partial charge in [-0.3, -0.25) is 4.79 Å². The van der Waals surface area contributed by atoms with Gasteiger partial charge in [0, 0.05) is 0 Å². The Hall–Kier alpha value is -2.49. The van der Waals surface area contributed by atoms with Gasteiger partial charge >= 0.3 is 0 Å². The second kappa shape index (κ2) is 8.83. The quantitative estimate of drug-likeness (QED) is 0.760. The fourth-order valence-corrected chi connectivity index (χ4v) is 2.40. The average Bonchev–Trinajstić information content (AvgIpc) is 2.61. The summed E-state index contributed by atoms with van der Waals surface area (Å²) in [5, 5.41) is 2.94. The van der Waals surface area contributed by atoms with E-state index in [0.29, 0.717) is 13.2 Å². The molecule has 122 valence electrons. The standard InChI is InChI=1S/C19H23NO3/c1-3-18(15-7-5-4-6-8-15)19(21)20-13-14-23-17-11-9-16(22-2)10-12-17/h4-12,18H,3,13-14H2,1-2H3,(H,20,21). The van der Waals surface area contributed by atoms with Gasteiger partial charge in [-0.15, -0.1) is 0 Å². The van der Waals surface area contributed by atoms with Crippen LogP contribution in [0.5, 0.6) is 11.5 Å². The normalized spacial score (nSPS) is 11.6. The minimum absolute atomic E-state index is 0.0389. The lowest BCUT2D eigenvalue weighted by atomic mass is 9.96. The molecule has 4 heteroatoms. The summed E-state index contributed by atoms with van der Waals surface area (Å²) in [6, 6.07) is 17.2. The largest absolute Gasteiger partial charge is 0.497 e. The van der Waals surface area contributed by atoms with Crippen molar-refractivity contribution in [2.24, 2.45) is 0 Å². The molecule has 2 rings (SSSR count). The number of rotatable bonds is 8. The van der Waals surface area contributed by atoms with E-state index in [1.807, 2.05) is 61.5 Å². The van der Waals surface area contributed by atoms with Crippen molar-refractivity contribution < 1.29 is 14.3 Å². The van der Waals surface area contributed by atoms with Crippen molar-refractivity contribution in [1.82, 2.24) is 5.32 Å². The minimum atomic E-state index is -0.114. The molecule has 1 atom stereocenters. The van der Waals surface area contributed by atoms with Crippen LogP contribution in [0.25, 0.3) is 0 Å². The fraction of sp³-hybridized carbons (Fsp3) is 0.316. The molecule has 0 fully saturated rings. The molecule has 0 heterocycles. The zero-order valence-electron chi connectivity index (χ0n) is 13.6. The highest BCUT2D eigenvalue weighted by Gasteiger charge is 2.17. The number of benzene rings is 2. The van der Waals surface area contributed by atoms with Crippen LogP contribution in [0.3, 0.4) is 0 Å². The maximum absolute atomic E-state index is 12.3. The fourth-order valence-electron chi connectivity index (χ4n) is 2.40. The summed E-state index contributed by atoms with van der Waals surface area (Å²) in [6.07, 6.45) is 0.773. The number of hydrogen-bond donors (Lipinski definition) is 1. The lowest BCUT2D eigenvalue weighted by Gasteiger charge is -2.15. The van der Waals surface area contributed by atoms with Crippen LogP contribution in [0.1, 0.15) is 24.8 Å². The molecule has 0 aliphatic carbocycles. The summed E-state index contributed by atoms with van der Waals surface area (Å²) < 4.78 is 10.7. The summed E-state index contributed by atoms with van der Waals surface area (Å²) >= 11 is 0. The molecule has 0 aliphatic heterocycles. The predicted octanol–water partition coefficient (Wildman–Crippen LogP) is 3.38. The van der Waals surface area contributed by atoms with Gasteiger partial charge in [-0.05, 0) is 36.2 Å². The molecule has 0 aliphatic rings. The third kappa shape index (κ3) is 5.02. The Morgan fingerprint density at radius 3 is 2.30 bits per heavy atom. The van der Waals surface area contributed by atoms with E-state index >= 15 is 0 Å². The van der Waals surface area contributed by atoms with Gasteiger partial charge in [0.25, 0.3) is 0 Å². The van der Waals surface area contributed by atoms with Gasteiger partial charge in [0.1, 0.15) is 18.1 Å². The van der Waals surface area contributed by atoms with E-state index in [2.05, 4.69) is 5.32 Å². The first-order valence-corrected chi connectivity index (χ1v) is 7.84. The Morgan fingerprint density at radius 2 is 1.70 bits per heavy atom. The van der Waals surface area contributed by atoms with Gasteiger partial charge in [-0.1, -0.05) is 37.3 Å². The van der Waals surface area contributed by atoms with E-state index in [9.17, 15) is 4.79 Å². The molecule has 1 N–H and O–H groups in total. The Bertz CT molecular complexity index is 596. The molecule has 2 aromatic rings. The lowest BCUT2D eigenvalue weighted by molar-refractivity contribution is -0.122. The van der Waals surface area contributed by atoms with Crippen molar-refractivity contribution in [1.29, 1.82) is 0 Å². The number of nitrogens with one attached hydrogen (secondary N) is 1. The highest BCUT2D eigenvalue weighted by atomic mass is 16.5. The van der Waals surface area contributed by atoms with E-state index in [1.165, 1.54) is 0 Å². The number of methoxy groups -OCH3 is 1. The van der Waals surface area contributed by atoms with Crippen molar-refractivity contribution >= 4 is 5.91 Å². The molecule has 2 aromatic carbocycles. The van der Waals surface area contributed by atoms with E-state index in [0.717, 1.165) is 23.5 Å². The topological polar surface area (TPSA) is 47.6 Å². The van der Waals surface area contributed by atoms with Crippen molar-refractivity contribution in [3.8, 4) is 11.5 Å². The van der Waals surface area contributed by atoms with Gasteiger partial charge in [0.15, 0.2) is 0 Å². The first kappa shape index (κ1) is 16.9. The molecule has 1 unspecified atom stereocenters. The van der Waals surface area contributed by atoms with Gasteiger partial charge in [-0.2, -0.15) is 0 Å². The predicted molar refractivity (Wildman–Crippen MR) is 91.0 cm³/mol. The summed E-state index contributed by atoms with van der Waals surface area (Å²) in [7, 11) is 1.63. The summed E-state index contributed by atoms with van der Waals surface area (Å²) in [5.41, 5.74) is 1.04. The van der Waals surface area contributed by atoms with E-state index in [4.69, 9.17) is 9.47 Å². The molecule has 23 heavy (non-hydrogen) atoms. The Kier molecular flexibility index (Phi) is 6.48. The van der Waals surface area contributed by atoms with Crippen molar-refractivity contribution in [2.45, 2.75) is 19.3 Å². The molecule has 0 radical (unpaired) electrons. The van der Waals surface area contributed by atoms with Gasteiger partial charge in [-0.25, -0.2) is 0 Å². The van der Waals surface area contributed by atoms with Crippen LogP contribution in [-0.2, 0) is 4.79 Å². The molecular formula is C19H23NO3. The number of hydrogen-bond acceptors (Lipinski definition) is 3. The highest BCUT2D eigenvalue weighted by molar-refractivity contribution is 5.83. The number of carbonyl (C=O) groups is 1. The molecule has 0 saturated carbocycles. The van der Waals surface area contributed by atoms with Gasteiger partial charge in [0.2, 0.25) is 5.91 Å². The molecular weight excluding hydrogens is 290 g/mol. The lowest BCUT2D eigenvalue weighted by Crippen LogP contribution is -2.32. The Morgan fingerprint density at radius 1 is 1.04 bits per heavy atom. The minimum Gasteiger partial charge on any atom is -0.497 e. The molecule has 4 nitrogen and oxygen atoms in total. The first-order chi connectivity index (χ1) is 11.2. The van der Waals surface area contributed by atoms with E-state index in [-0.39, 0.29) is 11.8 Å². The van der Waals surface area contributed by atoms with Crippen molar-refractivity contribution in [3.05, 3.63) is 60.2 Å². The van der Waals surface area contributed by atoms with Gasteiger partial charge in [0.05, 0.1) is 19.6 Å². The van der Waals surface area contributed by atoms with Crippen molar-refractivity contribution in [2.75, 3.05) is 20.3 Å². The van der Waals surface area contributed by atoms with Crippen molar-refractivity contribution in [3.63, 3.8) is 0 Å². The molecule has 0 spiro atoms. The summed E-state index contributed by atoms with van der Waals surface area (Å²) in [6.45, 7) is 2.93. The smallest absolute Gasteiger partial charge is 0.227 e. The highest BCUT2D eigenvalue weighted by Crippen LogP contribution is 2.19. The number of amides is 1. The maximum Gasteiger partial charge on any atom is 0.227 e. The number of carbonyl (C=O) groups excluding carboxylic acids is 1. The van der Waals surface area contributed by atoms with Crippen LogP contribution in [0, 0.1) is 0 Å². The zero-order chi connectivity index (χ0) is 16.5. The van der Waals surface area contributed by atoms with Crippen LogP contribution >= 0.6 is 0 Å². The van der Waals surface area contributed by atoms with Crippen LogP contribution in [0.2, 0.25) is 0 Å². The third-order valence-corrected chi connectivity index (χ3v) is 3.66. The van der Waals surface area contributed by atoms with Crippen LogP contribution in [-0.4, -0.2) is 26.2 Å². The second-order valence-corrected chi connectivity index (χ2v) is 5.19. The molecule has 0 bridgehead atoms. The Balaban J connectivity index is 1.77. The second-order valence-electron chi connectivity index (χ2n) is 5.19. The third-order valence-electron chi connectivity index (χ3n) is 3.66. The van der Waals surface area contributed by atoms with E-state index < -0.39 is 0 Å². The number of ether oxygens (including phenoxy) is 2. The zero-order valence-corrected chi connectivity index (χ0v) is 13.6. The molecule has 0 aromatic heterocycles. The van der Waals surface area contributed by atoms with Crippen LogP contribution in [0.4, 0.5) is 0 Å². The Labute approximate surface area is 137 Å². The van der Waals surface area contributed by atoms with Gasteiger partial charge < -0.3 is 14.8 Å². The van der Waals surface area contributed by atoms with E-state index in [1.54, 1.807) is 7.11 Å².